The van der Waals surface area contributed by atoms with Crippen molar-refractivity contribution in [2.75, 3.05) is 25.1 Å². The smallest absolute Gasteiger partial charge is 0.320 e. The molecule has 0 unspecified atom stereocenters. The molecular formula is C22H28Cl2N4O3. The second kappa shape index (κ2) is 12.2. The molecule has 3 rings (SSSR count). The van der Waals surface area contributed by atoms with Gasteiger partial charge in [-0.3, -0.25) is 9.78 Å². The minimum absolute atomic E-state index is 0.250. The number of carboxylic acid groups (broad SMARTS) is 1. The lowest BCUT2D eigenvalue weighted by Gasteiger charge is -2.17. The second-order valence-electron chi connectivity index (χ2n) is 7.55. The average Bonchev–Trinajstić information content (AvgIpc) is 2.76. The minimum Gasteiger partial charge on any atom is -0.480 e. The Balaban J connectivity index is 1.32. The van der Waals surface area contributed by atoms with Gasteiger partial charge in [-0.15, -0.1) is 0 Å². The number of carboxylic acids is 1. The number of aromatic nitrogens is 2. The molecule has 0 fully saturated rings. The van der Waals surface area contributed by atoms with Crippen LogP contribution in [0.25, 0.3) is 0 Å². The quantitative estimate of drug-likeness (QED) is 0.404. The van der Waals surface area contributed by atoms with Crippen molar-refractivity contribution in [1.29, 1.82) is 0 Å². The van der Waals surface area contributed by atoms with Crippen LogP contribution in [0.2, 0.25) is 10.0 Å². The largest absolute Gasteiger partial charge is 0.480 e. The van der Waals surface area contributed by atoms with E-state index in [2.05, 4.69) is 27.8 Å². The van der Waals surface area contributed by atoms with E-state index in [0.717, 1.165) is 50.2 Å². The van der Waals surface area contributed by atoms with Crippen molar-refractivity contribution in [2.45, 2.75) is 51.1 Å². The Morgan fingerprint density at radius 3 is 2.81 bits per heavy atom. The molecule has 0 amide bonds. The Bertz CT molecular complexity index is 862. The van der Waals surface area contributed by atoms with E-state index in [1.807, 2.05) is 0 Å². The highest BCUT2D eigenvalue weighted by atomic mass is 35.5. The van der Waals surface area contributed by atoms with Gasteiger partial charge in [0.25, 0.3) is 0 Å². The molecule has 1 atom stereocenters. The van der Waals surface area contributed by atoms with Crippen LogP contribution in [0, 0.1) is 0 Å². The molecule has 0 spiro atoms. The summed E-state index contributed by atoms with van der Waals surface area (Å²) in [6, 6.07) is 3.54. The number of hydrogen-bond donors (Lipinski definition) is 3. The average molecular weight is 467 g/mol. The summed E-state index contributed by atoms with van der Waals surface area (Å²) in [5.74, 6) is 0.0959. The molecule has 9 heteroatoms. The zero-order valence-electron chi connectivity index (χ0n) is 17.4. The Hall–Kier alpha value is -1.93. The number of ether oxygens (including phenoxy) is 1. The molecule has 0 aromatic carbocycles. The predicted molar refractivity (Wildman–Crippen MR) is 122 cm³/mol. The Morgan fingerprint density at radius 2 is 2.03 bits per heavy atom. The fourth-order valence-electron chi connectivity index (χ4n) is 3.47. The van der Waals surface area contributed by atoms with Gasteiger partial charge in [-0.05, 0) is 50.2 Å². The zero-order valence-corrected chi connectivity index (χ0v) is 18.9. The molecule has 31 heavy (non-hydrogen) atoms. The number of pyridine rings is 2. The molecule has 0 radical (unpaired) electrons. The summed E-state index contributed by atoms with van der Waals surface area (Å²) in [7, 11) is 0. The molecule has 1 aliphatic rings. The number of halogens is 2. The lowest BCUT2D eigenvalue weighted by atomic mass is 10.1. The first-order valence-electron chi connectivity index (χ1n) is 10.6. The molecular weight excluding hydrogens is 439 g/mol. The van der Waals surface area contributed by atoms with Crippen molar-refractivity contribution in [3.63, 3.8) is 0 Å². The van der Waals surface area contributed by atoms with Crippen LogP contribution < -0.4 is 10.6 Å². The summed E-state index contributed by atoms with van der Waals surface area (Å²) in [6.07, 6.45) is 8.37. The van der Waals surface area contributed by atoms with Crippen LogP contribution >= 0.6 is 23.2 Å². The number of anilines is 1. The normalized spacial score (nSPS) is 14.0. The van der Waals surface area contributed by atoms with Crippen molar-refractivity contribution < 1.29 is 14.6 Å². The Kier molecular flexibility index (Phi) is 9.33. The van der Waals surface area contributed by atoms with Crippen molar-refractivity contribution in [3.05, 3.63) is 51.4 Å². The van der Waals surface area contributed by atoms with Gasteiger partial charge < -0.3 is 20.5 Å². The van der Waals surface area contributed by atoms with Gasteiger partial charge in [0.05, 0.1) is 10.0 Å². The standard InChI is InChI=1S/C22H28Cl2N4O3/c23-18-13-25-14-19(24)17(18)12-27-20(22(29)30)8-11-31-10-2-1-5-16-7-6-15-4-3-9-26-21(15)28-16/h6-7,13-14,20,27H,1-5,8-12H2,(H,26,28)(H,29,30)/t20-/m0/s1. The number of fused-ring (bicyclic) bond motifs is 1. The highest BCUT2D eigenvalue weighted by molar-refractivity contribution is 6.35. The van der Waals surface area contributed by atoms with Crippen LogP contribution in [-0.2, 0) is 28.9 Å². The fourth-order valence-corrected chi connectivity index (χ4v) is 3.96. The van der Waals surface area contributed by atoms with Gasteiger partial charge in [-0.2, -0.15) is 0 Å². The van der Waals surface area contributed by atoms with Crippen LogP contribution in [0.1, 0.15) is 42.5 Å². The summed E-state index contributed by atoms with van der Waals surface area (Å²) in [6.45, 7) is 2.20. The number of hydrogen-bond acceptors (Lipinski definition) is 6. The van der Waals surface area contributed by atoms with Crippen LogP contribution in [0.15, 0.2) is 24.5 Å². The van der Waals surface area contributed by atoms with Gasteiger partial charge in [0.2, 0.25) is 0 Å². The minimum atomic E-state index is -0.933. The summed E-state index contributed by atoms with van der Waals surface area (Å²) >= 11 is 12.2. The maximum absolute atomic E-state index is 11.5. The summed E-state index contributed by atoms with van der Waals surface area (Å²) in [5, 5.41) is 16.6. The molecule has 7 nitrogen and oxygen atoms in total. The van der Waals surface area contributed by atoms with Gasteiger partial charge in [-0.1, -0.05) is 29.3 Å². The molecule has 2 aromatic rings. The van der Waals surface area contributed by atoms with Crippen molar-refractivity contribution in [3.8, 4) is 0 Å². The monoisotopic (exact) mass is 466 g/mol. The van der Waals surface area contributed by atoms with Crippen LogP contribution in [0.4, 0.5) is 5.82 Å². The molecule has 0 saturated heterocycles. The van der Waals surface area contributed by atoms with E-state index in [1.165, 1.54) is 18.0 Å². The van der Waals surface area contributed by atoms with Crippen LogP contribution in [0.3, 0.4) is 0 Å². The van der Waals surface area contributed by atoms with Crippen molar-refractivity contribution in [2.24, 2.45) is 0 Å². The van der Waals surface area contributed by atoms with Crippen LogP contribution in [0.5, 0.6) is 0 Å². The Labute approximate surface area is 192 Å². The van der Waals surface area contributed by atoms with Crippen LogP contribution in [-0.4, -0.2) is 46.8 Å². The van der Waals surface area contributed by atoms with Gasteiger partial charge >= 0.3 is 5.97 Å². The van der Waals surface area contributed by atoms with Gasteiger partial charge in [-0.25, -0.2) is 4.98 Å². The van der Waals surface area contributed by atoms with Gasteiger partial charge in [0.15, 0.2) is 0 Å². The Morgan fingerprint density at radius 1 is 1.23 bits per heavy atom. The van der Waals surface area contributed by atoms with Gasteiger partial charge in [0.1, 0.15) is 11.9 Å². The molecule has 3 heterocycles. The molecule has 3 N–H and O–H groups in total. The van der Waals surface area contributed by atoms with E-state index in [9.17, 15) is 9.90 Å². The number of unbranched alkanes of at least 4 members (excludes halogenated alkanes) is 1. The number of nitrogens with zero attached hydrogens (tertiary/aromatic N) is 2. The summed E-state index contributed by atoms with van der Waals surface area (Å²) in [5.41, 5.74) is 3.03. The predicted octanol–water partition coefficient (Wildman–Crippen LogP) is 4.11. The first-order valence-corrected chi connectivity index (χ1v) is 11.3. The number of aliphatic carboxylic acids is 1. The second-order valence-corrected chi connectivity index (χ2v) is 8.37. The molecule has 0 aliphatic carbocycles. The van der Waals surface area contributed by atoms with Crippen molar-refractivity contribution >= 4 is 35.0 Å². The highest BCUT2D eigenvalue weighted by Crippen LogP contribution is 2.23. The first kappa shape index (κ1) is 23.7. The third-order valence-corrected chi connectivity index (χ3v) is 5.90. The maximum atomic E-state index is 11.5. The summed E-state index contributed by atoms with van der Waals surface area (Å²) < 4.78 is 5.64. The molecule has 1 aliphatic heterocycles. The topological polar surface area (TPSA) is 96.4 Å². The molecule has 168 valence electrons. The molecule has 2 aromatic heterocycles. The van der Waals surface area contributed by atoms with Gasteiger partial charge in [0, 0.05) is 50.0 Å². The summed E-state index contributed by atoms with van der Waals surface area (Å²) in [4.78, 5) is 20.1. The van der Waals surface area contributed by atoms with E-state index in [-0.39, 0.29) is 6.54 Å². The zero-order chi connectivity index (χ0) is 22.1. The molecule has 0 saturated carbocycles. The number of rotatable bonds is 12. The highest BCUT2D eigenvalue weighted by Gasteiger charge is 2.18. The van der Waals surface area contributed by atoms with E-state index in [1.54, 1.807) is 0 Å². The van der Waals surface area contributed by atoms with E-state index in [4.69, 9.17) is 32.9 Å². The maximum Gasteiger partial charge on any atom is 0.320 e. The fraction of sp³-hybridized carbons (Fsp3) is 0.500. The first-order chi connectivity index (χ1) is 15.0. The number of carbonyl (C=O) groups is 1. The number of aryl methyl sites for hydroxylation is 2. The van der Waals surface area contributed by atoms with E-state index >= 15 is 0 Å². The SMILES string of the molecule is O=C(O)[C@H](CCOCCCCc1ccc2c(n1)NCCC2)NCc1c(Cl)cncc1Cl. The lowest BCUT2D eigenvalue weighted by molar-refractivity contribution is -0.140. The number of nitrogens with one attached hydrogen (secondary N) is 2. The lowest BCUT2D eigenvalue weighted by Crippen LogP contribution is -2.37. The third kappa shape index (κ3) is 7.31. The molecule has 0 bridgehead atoms. The van der Waals surface area contributed by atoms with E-state index in [0.29, 0.717) is 35.2 Å². The third-order valence-electron chi connectivity index (χ3n) is 5.25. The van der Waals surface area contributed by atoms with Crippen molar-refractivity contribution in [1.82, 2.24) is 15.3 Å². The van der Waals surface area contributed by atoms with E-state index < -0.39 is 12.0 Å².